The van der Waals surface area contributed by atoms with Crippen LogP contribution in [0.2, 0.25) is 0 Å². The van der Waals surface area contributed by atoms with Crippen LogP contribution in [0.25, 0.3) is 0 Å². The molecular formula is C17H27N3O3S. The third kappa shape index (κ3) is 6.03. The number of methoxy groups -OCH3 is 1. The molecule has 1 aromatic carbocycles. The molecule has 24 heavy (non-hydrogen) atoms. The first kappa shape index (κ1) is 18.6. The van der Waals surface area contributed by atoms with Crippen molar-refractivity contribution in [2.24, 2.45) is 4.99 Å². The summed E-state index contributed by atoms with van der Waals surface area (Å²) in [6, 6.07) is 8.02. The van der Waals surface area contributed by atoms with Crippen molar-refractivity contribution >= 4 is 15.8 Å². The van der Waals surface area contributed by atoms with E-state index in [0.717, 1.165) is 25.1 Å². The minimum absolute atomic E-state index is 0.0330. The van der Waals surface area contributed by atoms with Crippen molar-refractivity contribution in [1.82, 2.24) is 10.6 Å². The van der Waals surface area contributed by atoms with Gasteiger partial charge in [-0.2, -0.15) is 0 Å². The third-order valence-electron chi connectivity index (χ3n) is 3.97. The van der Waals surface area contributed by atoms with Crippen LogP contribution in [0.1, 0.15) is 25.3 Å². The number of hydrogen-bond donors (Lipinski definition) is 2. The second kappa shape index (κ2) is 8.92. The average Bonchev–Trinajstić information content (AvgIpc) is 2.91. The summed E-state index contributed by atoms with van der Waals surface area (Å²) in [5, 5.41) is 6.41. The molecule has 1 aliphatic rings. The predicted octanol–water partition coefficient (Wildman–Crippen LogP) is 1.37. The summed E-state index contributed by atoms with van der Waals surface area (Å²) in [4.78, 5) is 4.55. The van der Waals surface area contributed by atoms with Crippen LogP contribution < -0.4 is 15.4 Å². The predicted molar refractivity (Wildman–Crippen MR) is 97.5 cm³/mol. The van der Waals surface area contributed by atoms with Crippen LogP contribution in [-0.4, -0.2) is 52.1 Å². The summed E-state index contributed by atoms with van der Waals surface area (Å²) in [5.74, 6) is 2.03. The second-order valence-corrected chi connectivity index (χ2v) is 8.19. The molecule has 1 aliphatic heterocycles. The summed E-state index contributed by atoms with van der Waals surface area (Å²) < 4.78 is 28.2. The van der Waals surface area contributed by atoms with Gasteiger partial charge in [0.25, 0.3) is 0 Å². The Hall–Kier alpha value is -1.76. The van der Waals surface area contributed by atoms with Crippen molar-refractivity contribution in [1.29, 1.82) is 0 Å². The molecule has 0 saturated carbocycles. The maximum atomic E-state index is 11.5. The SMILES string of the molecule is CCNC(=NCCCc1ccc(OC)cc1)NC1CCS(=O)(=O)C1. The zero-order valence-electron chi connectivity index (χ0n) is 14.4. The highest BCUT2D eigenvalue weighted by Gasteiger charge is 2.28. The number of nitrogens with zero attached hydrogens (tertiary/aromatic N) is 1. The smallest absolute Gasteiger partial charge is 0.191 e. The molecule has 1 fully saturated rings. The normalized spacial score (nSPS) is 19.9. The summed E-state index contributed by atoms with van der Waals surface area (Å²) in [6.07, 6.45) is 2.54. The van der Waals surface area contributed by atoms with Crippen molar-refractivity contribution in [2.45, 2.75) is 32.2 Å². The third-order valence-corrected chi connectivity index (χ3v) is 5.74. The van der Waals surface area contributed by atoms with Crippen LogP contribution in [0.15, 0.2) is 29.3 Å². The number of ether oxygens (including phenoxy) is 1. The monoisotopic (exact) mass is 353 g/mol. The van der Waals surface area contributed by atoms with Gasteiger partial charge < -0.3 is 15.4 Å². The Morgan fingerprint density at radius 2 is 2.08 bits per heavy atom. The van der Waals surface area contributed by atoms with E-state index in [0.29, 0.717) is 18.9 Å². The van der Waals surface area contributed by atoms with Gasteiger partial charge in [0, 0.05) is 19.1 Å². The zero-order chi connectivity index (χ0) is 17.4. The lowest BCUT2D eigenvalue weighted by Gasteiger charge is -2.15. The van der Waals surface area contributed by atoms with Gasteiger partial charge in [0.15, 0.2) is 15.8 Å². The van der Waals surface area contributed by atoms with Gasteiger partial charge in [0.05, 0.1) is 18.6 Å². The highest BCUT2D eigenvalue weighted by molar-refractivity contribution is 7.91. The minimum atomic E-state index is -2.88. The molecule has 1 unspecified atom stereocenters. The number of rotatable bonds is 7. The summed E-state index contributed by atoms with van der Waals surface area (Å²) >= 11 is 0. The number of hydrogen-bond acceptors (Lipinski definition) is 4. The molecule has 0 radical (unpaired) electrons. The number of nitrogens with one attached hydrogen (secondary N) is 2. The van der Waals surface area contributed by atoms with Gasteiger partial charge in [-0.25, -0.2) is 8.42 Å². The van der Waals surface area contributed by atoms with Gasteiger partial charge in [-0.05, 0) is 43.9 Å². The molecule has 6 nitrogen and oxygen atoms in total. The van der Waals surface area contributed by atoms with Crippen LogP contribution >= 0.6 is 0 Å². The van der Waals surface area contributed by atoms with E-state index in [-0.39, 0.29) is 17.5 Å². The Balaban J connectivity index is 1.79. The molecule has 2 rings (SSSR count). The lowest BCUT2D eigenvalue weighted by atomic mass is 10.1. The van der Waals surface area contributed by atoms with E-state index in [4.69, 9.17) is 4.74 Å². The van der Waals surface area contributed by atoms with E-state index in [1.807, 2.05) is 19.1 Å². The molecule has 1 atom stereocenters. The molecule has 1 saturated heterocycles. The van der Waals surface area contributed by atoms with Gasteiger partial charge in [-0.1, -0.05) is 12.1 Å². The standard InChI is InChI=1S/C17H27N3O3S/c1-3-18-17(20-15-10-12-24(21,22)13-15)19-11-4-5-14-6-8-16(23-2)9-7-14/h6-9,15H,3-5,10-13H2,1-2H3,(H2,18,19,20). The van der Waals surface area contributed by atoms with Gasteiger partial charge in [-0.3, -0.25) is 4.99 Å². The molecule has 2 N–H and O–H groups in total. The van der Waals surface area contributed by atoms with E-state index >= 15 is 0 Å². The highest BCUT2D eigenvalue weighted by atomic mass is 32.2. The number of aliphatic imine (C=N–C) groups is 1. The Morgan fingerprint density at radius 1 is 1.33 bits per heavy atom. The fraction of sp³-hybridized carbons (Fsp3) is 0.588. The summed E-state index contributed by atoms with van der Waals surface area (Å²) in [7, 11) is -1.22. The van der Waals surface area contributed by atoms with E-state index in [1.54, 1.807) is 7.11 Å². The number of guanidine groups is 1. The number of benzene rings is 1. The van der Waals surface area contributed by atoms with Crippen molar-refractivity contribution in [3.05, 3.63) is 29.8 Å². The summed E-state index contributed by atoms with van der Waals surface area (Å²) in [5.41, 5.74) is 1.26. The van der Waals surface area contributed by atoms with Gasteiger partial charge >= 0.3 is 0 Å². The molecular weight excluding hydrogens is 326 g/mol. The number of sulfone groups is 1. The second-order valence-electron chi connectivity index (χ2n) is 5.96. The molecule has 1 heterocycles. The topological polar surface area (TPSA) is 79.8 Å². The number of aryl methyl sites for hydroxylation is 1. The van der Waals surface area contributed by atoms with Crippen molar-refractivity contribution in [2.75, 3.05) is 31.7 Å². The highest BCUT2D eigenvalue weighted by Crippen LogP contribution is 2.13. The molecule has 7 heteroatoms. The fourth-order valence-electron chi connectivity index (χ4n) is 2.69. The maximum Gasteiger partial charge on any atom is 0.191 e. The zero-order valence-corrected chi connectivity index (χ0v) is 15.2. The average molecular weight is 353 g/mol. The van der Waals surface area contributed by atoms with Gasteiger partial charge in [0.1, 0.15) is 5.75 Å². The van der Waals surface area contributed by atoms with E-state index in [2.05, 4.69) is 27.8 Å². The largest absolute Gasteiger partial charge is 0.497 e. The molecule has 0 aromatic heterocycles. The van der Waals surface area contributed by atoms with Crippen molar-refractivity contribution in [3.63, 3.8) is 0 Å². The Labute approximate surface area is 144 Å². The van der Waals surface area contributed by atoms with Crippen LogP contribution in [0.5, 0.6) is 5.75 Å². The van der Waals surface area contributed by atoms with E-state index in [9.17, 15) is 8.42 Å². The van der Waals surface area contributed by atoms with Crippen LogP contribution in [0.4, 0.5) is 0 Å². The molecule has 1 aromatic rings. The summed E-state index contributed by atoms with van der Waals surface area (Å²) in [6.45, 7) is 3.45. The minimum Gasteiger partial charge on any atom is -0.497 e. The quantitative estimate of drug-likeness (QED) is 0.440. The van der Waals surface area contributed by atoms with Crippen LogP contribution in [0.3, 0.4) is 0 Å². The molecule has 134 valence electrons. The van der Waals surface area contributed by atoms with Gasteiger partial charge in [-0.15, -0.1) is 0 Å². The lowest BCUT2D eigenvalue weighted by molar-refractivity contribution is 0.414. The first-order valence-electron chi connectivity index (χ1n) is 8.40. The van der Waals surface area contributed by atoms with E-state index < -0.39 is 9.84 Å². The molecule has 0 aliphatic carbocycles. The first-order valence-corrected chi connectivity index (χ1v) is 10.2. The van der Waals surface area contributed by atoms with Crippen LogP contribution in [-0.2, 0) is 16.3 Å². The molecule has 0 amide bonds. The van der Waals surface area contributed by atoms with Gasteiger partial charge in [0.2, 0.25) is 0 Å². The first-order chi connectivity index (χ1) is 11.5. The van der Waals surface area contributed by atoms with E-state index in [1.165, 1.54) is 5.56 Å². The Morgan fingerprint density at radius 3 is 2.67 bits per heavy atom. The molecule has 0 bridgehead atoms. The van der Waals surface area contributed by atoms with Crippen LogP contribution in [0, 0.1) is 0 Å². The lowest BCUT2D eigenvalue weighted by Crippen LogP contribution is -2.44. The fourth-order valence-corrected chi connectivity index (χ4v) is 4.36. The molecule has 0 spiro atoms. The Kier molecular flexibility index (Phi) is 6.90. The van der Waals surface area contributed by atoms with Crippen molar-refractivity contribution < 1.29 is 13.2 Å². The van der Waals surface area contributed by atoms with Crippen molar-refractivity contribution in [3.8, 4) is 5.75 Å². The maximum absolute atomic E-state index is 11.5. The Bertz CT molecular complexity index is 642.